The van der Waals surface area contributed by atoms with Gasteiger partial charge in [-0.05, 0) is 30.9 Å². The Morgan fingerprint density at radius 1 is 1.25 bits per heavy atom. The molecule has 1 heterocycles. The maximum Gasteiger partial charge on any atom is 0.401 e. The zero-order valence-electron chi connectivity index (χ0n) is 16.7. The number of likely N-dealkylation sites (tertiary alicyclic amines) is 1. The summed E-state index contributed by atoms with van der Waals surface area (Å²) in [5.41, 5.74) is 2.19. The molecule has 1 atom stereocenters. The van der Waals surface area contributed by atoms with Crippen molar-refractivity contribution in [2.75, 3.05) is 32.8 Å². The second-order valence-corrected chi connectivity index (χ2v) is 7.00. The summed E-state index contributed by atoms with van der Waals surface area (Å²) in [7, 11) is 0. The molecule has 0 radical (unpaired) electrons. The number of rotatable bonds is 9. The SMILES string of the molecule is CCCOCc1ccccc1CN=C(NCC)NC1CCN(CC(F)(F)F)C1. The number of hydrogen-bond donors (Lipinski definition) is 2. The molecule has 1 aliphatic heterocycles. The van der Waals surface area contributed by atoms with Gasteiger partial charge >= 0.3 is 6.18 Å². The van der Waals surface area contributed by atoms with E-state index in [0.29, 0.717) is 45.2 Å². The number of hydrogen-bond acceptors (Lipinski definition) is 3. The van der Waals surface area contributed by atoms with Gasteiger partial charge in [-0.25, -0.2) is 4.99 Å². The lowest BCUT2D eigenvalue weighted by Gasteiger charge is -2.20. The van der Waals surface area contributed by atoms with Crippen molar-refractivity contribution in [2.24, 2.45) is 4.99 Å². The summed E-state index contributed by atoms with van der Waals surface area (Å²) in [5.74, 6) is 0.630. The molecule has 0 bridgehead atoms. The molecule has 1 aromatic carbocycles. The van der Waals surface area contributed by atoms with Gasteiger partial charge in [0.1, 0.15) is 0 Å². The Morgan fingerprint density at radius 2 is 2.00 bits per heavy atom. The van der Waals surface area contributed by atoms with E-state index in [1.165, 1.54) is 4.90 Å². The van der Waals surface area contributed by atoms with Gasteiger partial charge in [0.05, 0.1) is 19.7 Å². The smallest absolute Gasteiger partial charge is 0.377 e. The lowest BCUT2D eigenvalue weighted by molar-refractivity contribution is -0.143. The molecule has 1 aromatic rings. The average molecular weight is 400 g/mol. The number of guanidine groups is 1. The highest BCUT2D eigenvalue weighted by atomic mass is 19.4. The number of halogens is 3. The van der Waals surface area contributed by atoms with Gasteiger partial charge in [0.2, 0.25) is 0 Å². The zero-order valence-corrected chi connectivity index (χ0v) is 16.7. The molecule has 2 N–H and O–H groups in total. The predicted octanol–water partition coefficient (Wildman–Crippen LogP) is 3.30. The summed E-state index contributed by atoms with van der Waals surface area (Å²) in [5, 5.41) is 6.45. The van der Waals surface area contributed by atoms with E-state index in [1.807, 2.05) is 31.2 Å². The van der Waals surface area contributed by atoms with Gasteiger partial charge in [-0.2, -0.15) is 13.2 Å². The molecule has 0 amide bonds. The fraction of sp³-hybridized carbons (Fsp3) is 0.650. The van der Waals surface area contributed by atoms with Gasteiger partial charge in [-0.1, -0.05) is 31.2 Å². The van der Waals surface area contributed by atoms with Gasteiger partial charge in [0, 0.05) is 32.3 Å². The van der Waals surface area contributed by atoms with Crippen molar-refractivity contribution in [1.82, 2.24) is 15.5 Å². The van der Waals surface area contributed by atoms with Crippen LogP contribution in [0.25, 0.3) is 0 Å². The van der Waals surface area contributed by atoms with E-state index in [1.54, 1.807) is 0 Å². The number of nitrogens with zero attached hydrogens (tertiary/aromatic N) is 2. The Balaban J connectivity index is 1.94. The van der Waals surface area contributed by atoms with Crippen LogP contribution < -0.4 is 10.6 Å². The van der Waals surface area contributed by atoms with Crippen LogP contribution in [-0.2, 0) is 17.9 Å². The number of aliphatic imine (C=N–C) groups is 1. The van der Waals surface area contributed by atoms with Crippen LogP contribution in [0.1, 0.15) is 37.8 Å². The number of ether oxygens (including phenoxy) is 1. The summed E-state index contributed by atoms with van der Waals surface area (Å²) in [6, 6.07) is 7.98. The fourth-order valence-electron chi connectivity index (χ4n) is 3.20. The van der Waals surface area contributed by atoms with Crippen LogP contribution >= 0.6 is 0 Å². The third-order valence-electron chi connectivity index (χ3n) is 4.49. The summed E-state index contributed by atoms with van der Waals surface area (Å²) >= 11 is 0. The second-order valence-electron chi connectivity index (χ2n) is 7.00. The highest BCUT2D eigenvalue weighted by Gasteiger charge is 2.34. The Labute approximate surface area is 165 Å². The first-order chi connectivity index (χ1) is 13.4. The molecule has 1 fully saturated rings. The summed E-state index contributed by atoms with van der Waals surface area (Å²) in [4.78, 5) is 6.07. The first-order valence-electron chi connectivity index (χ1n) is 9.89. The van der Waals surface area contributed by atoms with E-state index in [4.69, 9.17) is 4.74 Å². The van der Waals surface area contributed by atoms with Crippen LogP contribution in [0.2, 0.25) is 0 Å². The summed E-state index contributed by atoms with van der Waals surface area (Å²) < 4.78 is 43.3. The van der Waals surface area contributed by atoms with Gasteiger partial charge < -0.3 is 15.4 Å². The standard InChI is InChI=1S/C20H31F3N4O/c1-3-11-28-14-17-8-6-5-7-16(17)12-25-19(24-4-2)26-18-9-10-27(13-18)15-20(21,22)23/h5-8,18H,3-4,9-15H2,1-2H3,(H2,24,25,26). The molecule has 5 nitrogen and oxygen atoms in total. The first kappa shape index (κ1) is 22.5. The molecule has 1 unspecified atom stereocenters. The molecular weight excluding hydrogens is 369 g/mol. The predicted molar refractivity (Wildman–Crippen MR) is 105 cm³/mol. The van der Waals surface area contributed by atoms with Gasteiger partial charge in [0.25, 0.3) is 0 Å². The highest BCUT2D eigenvalue weighted by Crippen LogP contribution is 2.20. The Hall–Kier alpha value is -1.80. The maximum atomic E-state index is 12.6. The van der Waals surface area contributed by atoms with Crippen molar-refractivity contribution in [3.8, 4) is 0 Å². The van der Waals surface area contributed by atoms with Gasteiger partial charge in [0.15, 0.2) is 5.96 Å². The summed E-state index contributed by atoms with van der Waals surface area (Å²) in [6.45, 7) is 6.43. The fourth-order valence-corrected chi connectivity index (χ4v) is 3.20. The third-order valence-corrected chi connectivity index (χ3v) is 4.49. The molecule has 0 saturated carbocycles. The molecule has 28 heavy (non-hydrogen) atoms. The third kappa shape index (κ3) is 8.06. The highest BCUT2D eigenvalue weighted by molar-refractivity contribution is 5.80. The number of alkyl halides is 3. The Kier molecular flexibility index (Phi) is 9.05. The van der Waals surface area contributed by atoms with E-state index in [2.05, 4.69) is 22.5 Å². The van der Waals surface area contributed by atoms with Crippen LogP contribution in [-0.4, -0.2) is 55.9 Å². The molecule has 2 rings (SSSR count). The lowest BCUT2D eigenvalue weighted by Crippen LogP contribution is -2.45. The minimum Gasteiger partial charge on any atom is -0.377 e. The van der Waals surface area contributed by atoms with E-state index in [0.717, 1.165) is 24.2 Å². The molecule has 8 heteroatoms. The summed E-state index contributed by atoms with van der Waals surface area (Å²) in [6.07, 6.45) is -2.51. The molecule has 1 saturated heterocycles. The van der Waals surface area contributed by atoms with Gasteiger partial charge in [-0.15, -0.1) is 0 Å². The number of benzene rings is 1. The first-order valence-corrected chi connectivity index (χ1v) is 9.89. The molecule has 1 aliphatic rings. The van der Waals surface area contributed by atoms with Crippen molar-refractivity contribution < 1.29 is 17.9 Å². The van der Waals surface area contributed by atoms with Crippen molar-refractivity contribution in [3.05, 3.63) is 35.4 Å². The van der Waals surface area contributed by atoms with Crippen molar-refractivity contribution in [3.63, 3.8) is 0 Å². The van der Waals surface area contributed by atoms with Crippen LogP contribution in [0, 0.1) is 0 Å². The van der Waals surface area contributed by atoms with Crippen LogP contribution in [0.5, 0.6) is 0 Å². The molecule has 158 valence electrons. The molecule has 0 spiro atoms. The number of nitrogens with one attached hydrogen (secondary N) is 2. The van der Waals surface area contributed by atoms with Crippen molar-refractivity contribution in [1.29, 1.82) is 0 Å². The lowest BCUT2D eigenvalue weighted by atomic mass is 10.1. The molecule has 0 aliphatic carbocycles. The topological polar surface area (TPSA) is 48.9 Å². The normalized spacial score (nSPS) is 18.5. The average Bonchev–Trinajstić information content (AvgIpc) is 3.06. The van der Waals surface area contributed by atoms with Crippen LogP contribution in [0.4, 0.5) is 13.2 Å². The molecule has 0 aromatic heterocycles. The van der Waals surface area contributed by atoms with Crippen LogP contribution in [0.3, 0.4) is 0 Å². The minimum absolute atomic E-state index is 0.0386. The van der Waals surface area contributed by atoms with Gasteiger partial charge in [-0.3, -0.25) is 4.90 Å². The van der Waals surface area contributed by atoms with Crippen molar-refractivity contribution in [2.45, 2.75) is 52.1 Å². The second kappa shape index (κ2) is 11.3. The van der Waals surface area contributed by atoms with E-state index < -0.39 is 12.7 Å². The Bertz CT molecular complexity index is 622. The van der Waals surface area contributed by atoms with E-state index in [-0.39, 0.29) is 6.04 Å². The van der Waals surface area contributed by atoms with E-state index in [9.17, 15) is 13.2 Å². The van der Waals surface area contributed by atoms with Crippen LogP contribution in [0.15, 0.2) is 29.3 Å². The van der Waals surface area contributed by atoms with Crippen molar-refractivity contribution >= 4 is 5.96 Å². The minimum atomic E-state index is -4.16. The quantitative estimate of drug-likeness (QED) is 0.379. The molecular formula is C20H31F3N4O. The zero-order chi connectivity index (χ0) is 20.4. The maximum absolute atomic E-state index is 12.6. The Morgan fingerprint density at radius 3 is 2.68 bits per heavy atom. The largest absolute Gasteiger partial charge is 0.401 e. The monoisotopic (exact) mass is 400 g/mol. The van der Waals surface area contributed by atoms with E-state index >= 15 is 0 Å².